The number of furan rings is 1. The number of anilines is 1. The van der Waals surface area contributed by atoms with Gasteiger partial charge in [0.15, 0.2) is 0 Å². The van der Waals surface area contributed by atoms with Crippen molar-refractivity contribution in [2.75, 3.05) is 25.0 Å². The molecule has 2 aromatic rings. The zero-order valence-corrected chi connectivity index (χ0v) is 13.9. The minimum atomic E-state index is -0.464. The molecule has 0 aromatic carbocycles. The second kappa shape index (κ2) is 7.28. The van der Waals surface area contributed by atoms with Gasteiger partial charge >= 0.3 is 5.82 Å². The average Bonchev–Trinajstić information content (AvgIpc) is 3.14. The van der Waals surface area contributed by atoms with Crippen molar-refractivity contribution in [3.63, 3.8) is 0 Å². The molecule has 0 fully saturated rings. The minimum absolute atomic E-state index is 0.00481. The van der Waals surface area contributed by atoms with E-state index < -0.39 is 4.92 Å². The van der Waals surface area contributed by atoms with E-state index in [2.05, 4.69) is 29.0 Å². The molecule has 2 heterocycles. The smallest absolute Gasteiger partial charge is 0.406 e. The summed E-state index contributed by atoms with van der Waals surface area (Å²) in [6.45, 7) is 8.11. The van der Waals surface area contributed by atoms with Gasteiger partial charge in [0.1, 0.15) is 5.76 Å². The maximum absolute atomic E-state index is 11.2. The summed E-state index contributed by atoms with van der Waals surface area (Å²) in [4.78, 5) is 16.9. The van der Waals surface area contributed by atoms with E-state index in [1.807, 2.05) is 12.1 Å². The molecule has 23 heavy (non-hydrogen) atoms. The lowest BCUT2D eigenvalue weighted by atomic mass is 10.2. The molecule has 0 spiro atoms. The van der Waals surface area contributed by atoms with E-state index in [9.17, 15) is 10.1 Å². The van der Waals surface area contributed by atoms with Crippen molar-refractivity contribution < 1.29 is 9.34 Å². The SMILES string of the molecule is CCN(CC)C(CNc1c([N+](=O)[O-])nc(C)n1C)c1ccco1. The fraction of sp³-hybridized carbons (Fsp3) is 0.533. The molecule has 0 aliphatic heterocycles. The second-order valence-electron chi connectivity index (χ2n) is 5.28. The zero-order valence-electron chi connectivity index (χ0n) is 13.9. The number of imidazole rings is 1. The van der Waals surface area contributed by atoms with Gasteiger partial charge in [-0.25, -0.2) is 0 Å². The summed E-state index contributed by atoms with van der Waals surface area (Å²) >= 11 is 0. The number of rotatable bonds is 8. The molecule has 126 valence electrons. The second-order valence-corrected chi connectivity index (χ2v) is 5.28. The molecule has 8 heteroatoms. The van der Waals surface area contributed by atoms with Crippen molar-refractivity contribution >= 4 is 11.6 Å². The predicted molar refractivity (Wildman–Crippen MR) is 87.5 cm³/mol. The van der Waals surface area contributed by atoms with E-state index in [0.717, 1.165) is 18.8 Å². The minimum Gasteiger partial charge on any atom is -0.468 e. The molecule has 2 rings (SSSR count). The Bertz CT molecular complexity index is 646. The Balaban J connectivity index is 2.24. The highest BCUT2D eigenvalue weighted by molar-refractivity contribution is 5.53. The van der Waals surface area contributed by atoms with Crippen molar-refractivity contribution in [2.24, 2.45) is 7.05 Å². The maximum atomic E-state index is 11.2. The standard InChI is InChI=1S/C15H23N5O3/c1-5-19(6-2)12(13-8-7-9-23-13)10-16-14-15(20(21)22)17-11(3)18(14)4/h7-9,12,16H,5-6,10H2,1-4H3. The summed E-state index contributed by atoms with van der Waals surface area (Å²) in [5.41, 5.74) is 0. The predicted octanol–water partition coefficient (Wildman–Crippen LogP) is 2.72. The summed E-state index contributed by atoms with van der Waals surface area (Å²) in [5, 5.41) is 14.3. The molecule has 0 bridgehead atoms. The lowest BCUT2D eigenvalue weighted by molar-refractivity contribution is -0.388. The van der Waals surface area contributed by atoms with Crippen LogP contribution in [0.15, 0.2) is 22.8 Å². The highest BCUT2D eigenvalue weighted by atomic mass is 16.6. The van der Waals surface area contributed by atoms with Crippen molar-refractivity contribution in [2.45, 2.75) is 26.8 Å². The van der Waals surface area contributed by atoms with Crippen molar-refractivity contribution in [3.05, 3.63) is 40.1 Å². The summed E-state index contributed by atoms with van der Waals surface area (Å²) in [7, 11) is 1.76. The number of nitro groups is 1. The number of aromatic nitrogens is 2. The number of nitrogens with zero attached hydrogens (tertiary/aromatic N) is 4. The molecule has 0 radical (unpaired) electrons. The van der Waals surface area contributed by atoms with E-state index in [1.54, 1.807) is 24.8 Å². The van der Waals surface area contributed by atoms with Gasteiger partial charge in [0.2, 0.25) is 11.6 Å². The third-order valence-corrected chi connectivity index (χ3v) is 4.06. The number of aryl methyl sites for hydroxylation is 1. The summed E-state index contributed by atoms with van der Waals surface area (Å²) < 4.78 is 7.24. The first-order valence-corrected chi connectivity index (χ1v) is 7.68. The van der Waals surface area contributed by atoms with Crippen LogP contribution in [0.5, 0.6) is 0 Å². The lowest BCUT2D eigenvalue weighted by Crippen LogP contribution is -2.33. The Kier molecular flexibility index (Phi) is 5.38. The van der Waals surface area contributed by atoms with Crippen LogP contribution in [0, 0.1) is 17.0 Å². The Morgan fingerprint density at radius 3 is 2.70 bits per heavy atom. The van der Waals surface area contributed by atoms with Gasteiger partial charge in [-0.2, -0.15) is 0 Å². The molecule has 0 amide bonds. The highest BCUT2D eigenvalue weighted by Crippen LogP contribution is 2.27. The Morgan fingerprint density at radius 1 is 1.48 bits per heavy atom. The van der Waals surface area contributed by atoms with E-state index in [4.69, 9.17) is 4.42 Å². The molecule has 0 saturated heterocycles. The average molecular weight is 321 g/mol. The summed E-state index contributed by atoms with van der Waals surface area (Å²) in [5.74, 6) is 1.69. The first kappa shape index (κ1) is 17.0. The van der Waals surface area contributed by atoms with Crippen LogP contribution in [0.1, 0.15) is 31.5 Å². The molecular formula is C15H23N5O3. The summed E-state index contributed by atoms with van der Waals surface area (Å²) in [6.07, 6.45) is 1.64. The molecule has 1 N–H and O–H groups in total. The van der Waals surface area contributed by atoms with Gasteiger partial charge in [-0.05, 0) is 35.1 Å². The Morgan fingerprint density at radius 2 is 2.17 bits per heavy atom. The maximum Gasteiger partial charge on any atom is 0.406 e. The molecule has 0 saturated carbocycles. The Hall–Kier alpha value is -2.35. The number of hydrogen-bond donors (Lipinski definition) is 1. The van der Waals surface area contributed by atoms with E-state index in [0.29, 0.717) is 18.2 Å². The highest BCUT2D eigenvalue weighted by Gasteiger charge is 2.26. The monoisotopic (exact) mass is 321 g/mol. The van der Waals surface area contributed by atoms with Crippen LogP contribution < -0.4 is 5.32 Å². The number of hydrogen-bond acceptors (Lipinski definition) is 6. The van der Waals surface area contributed by atoms with E-state index in [1.165, 1.54) is 0 Å². The van der Waals surface area contributed by atoms with Crippen LogP contribution in [-0.2, 0) is 7.05 Å². The Labute approximate surface area is 135 Å². The van der Waals surface area contributed by atoms with Crippen LogP contribution >= 0.6 is 0 Å². The lowest BCUT2D eigenvalue weighted by Gasteiger charge is -2.28. The van der Waals surface area contributed by atoms with Gasteiger partial charge < -0.3 is 19.8 Å². The third kappa shape index (κ3) is 3.53. The molecular weight excluding hydrogens is 298 g/mol. The molecule has 1 atom stereocenters. The molecule has 0 aliphatic carbocycles. The number of nitrogens with one attached hydrogen (secondary N) is 1. The van der Waals surface area contributed by atoms with Crippen molar-refractivity contribution in [3.8, 4) is 0 Å². The fourth-order valence-electron chi connectivity index (χ4n) is 2.67. The van der Waals surface area contributed by atoms with Gasteiger partial charge in [-0.1, -0.05) is 13.8 Å². The van der Waals surface area contributed by atoms with Crippen LogP contribution in [-0.4, -0.2) is 39.0 Å². The molecule has 1 unspecified atom stereocenters. The van der Waals surface area contributed by atoms with E-state index in [-0.39, 0.29) is 11.9 Å². The fourth-order valence-corrected chi connectivity index (χ4v) is 2.67. The largest absolute Gasteiger partial charge is 0.468 e. The van der Waals surface area contributed by atoms with Gasteiger partial charge in [0, 0.05) is 20.5 Å². The topological polar surface area (TPSA) is 89.4 Å². The van der Waals surface area contributed by atoms with Gasteiger partial charge in [0.25, 0.3) is 0 Å². The van der Waals surface area contributed by atoms with Crippen molar-refractivity contribution in [1.29, 1.82) is 0 Å². The molecule has 2 aromatic heterocycles. The molecule has 8 nitrogen and oxygen atoms in total. The van der Waals surface area contributed by atoms with Gasteiger partial charge in [-0.15, -0.1) is 0 Å². The third-order valence-electron chi connectivity index (χ3n) is 4.06. The van der Waals surface area contributed by atoms with Crippen molar-refractivity contribution in [1.82, 2.24) is 14.5 Å². The normalized spacial score (nSPS) is 12.6. The first-order chi connectivity index (χ1) is 11.0. The molecule has 0 aliphatic rings. The van der Waals surface area contributed by atoms with Crippen LogP contribution in [0.4, 0.5) is 11.6 Å². The van der Waals surface area contributed by atoms with Crippen LogP contribution in [0.3, 0.4) is 0 Å². The summed E-state index contributed by atoms with van der Waals surface area (Å²) in [6, 6.07) is 3.77. The van der Waals surface area contributed by atoms with Gasteiger partial charge in [0.05, 0.1) is 12.3 Å². The van der Waals surface area contributed by atoms with Gasteiger partial charge in [-0.3, -0.25) is 9.47 Å². The quantitative estimate of drug-likeness (QED) is 0.594. The van der Waals surface area contributed by atoms with Crippen LogP contribution in [0.25, 0.3) is 0 Å². The number of likely N-dealkylation sites (N-methyl/N-ethyl adjacent to an activating group) is 1. The van der Waals surface area contributed by atoms with Crippen LogP contribution in [0.2, 0.25) is 0 Å². The first-order valence-electron chi connectivity index (χ1n) is 7.68. The van der Waals surface area contributed by atoms with E-state index >= 15 is 0 Å². The zero-order chi connectivity index (χ0) is 17.0.